The molecule has 0 spiro atoms. The smallest absolute Gasteiger partial charge is 0.174 e. The third-order valence-corrected chi connectivity index (χ3v) is 11.1. The highest BCUT2D eigenvalue weighted by Gasteiger charge is 2.41. The van der Waals surface area contributed by atoms with Gasteiger partial charge in [0.2, 0.25) is 0 Å². The van der Waals surface area contributed by atoms with E-state index < -0.39 is 8.07 Å². The summed E-state index contributed by atoms with van der Waals surface area (Å²) in [7, 11) is -1.72. The molecule has 120 valence electrons. The molecule has 1 aromatic carbocycles. The average Bonchev–Trinajstić information content (AvgIpc) is 2.42. The van der Waals surface area contributed by atoms with E-state index >= 15 is 0 Å². The first kappa shape index (κ1) is 18.7. The van der Waals surface area contributed by atoms with Gasteiger partial charge in [-0.2, -0.15) is 0 Å². The predicted molar refractivity (Wildman–Crippen MR) is 99.0 cm³/mol. The third-order valence-electron chi connectivity index (χ3n) is 4.79. The van der Waals surface area contributed by atoms with Gasteiger partial charge in [-0.05, 0) is 23.5 Å². The molecule has 0 aromatic heterocycles. The summed E-state index contributed by atoms with van der Waals surface area (Å²) in [6.07, 6.45) is 0.337. The number of carbonyl (C=O) groups is 1. The number of Topliss-reactive ketones (excluding diaryl/α,β-unsaturated/α-hetero) is 1. The summed E-state index contributed by atoms with van der Waals surface area (Å²) in [6, 6.07) is 7.76. The molecule has 0 bridgehead atoms. The molecule has 0 unspecified atom stereocenters. The summed E-state index contributed by atoms with van der Waals surface area (Å²) >= 11 is 0. The highest BCUT2D eigenvalue weighted by Crippen LogP contribution is 2.40. The molecular formula is C20H30OSi. The molecule has 0 heterocycles. The van der Waals surface area contributed by atoms with Gasteiger partial charge in [0.05, 0.1) is 6.42 Å². The highest BCUT2D eigenvalue weighted by atomic mass is 28.3. The Morgan fingerprint density at radius 1 is 0.955 bits per heavy atom. The summed E-state index contributed by atoms with van der Waals surface area (Å²) in [6.45, 7) is 15.8. The van der Waals surface area contributed by atoms with Crippen molar-refractivity contribution in [2.75, 3.05) is 0 Å². The molecule has 22 heavy (non-hydrogen) atoms. The zero-order valence-electron chi connectivity index (χ0n) is 15.2. The lowest BCUT2D eigenvalue weighted by Crippen LogP contribution is -2.43. The first-order valence-electron chi connectivity index (χ1n) is 8.31. The van der Waals surface area contributed by atoms with Crippen molar-refractivity contribution in [1.82, 2.24) is 0 Å². The molecule has 0 atom stereocenters. The van der Waals surface area contributed by atoms with Crippen molar-refractivity contribution in [3.05, 3.63) is 35.4 Å². The molecule has 0 fully saturated rings. The standard InChI is InChI=1S/C20H30OSi/c1-15(2)22(16(3)4,17(5)6)14-8-9-20(21)19-12-10-18(7)11-13-19/h10-13,15-17H,9H2,1-7H3. The van der Waals surface area contributed by atoms with Crippen LogP contribution in [0.4, 0.5) is 0 Å². The van der Waals surface area contributed by atoms with Crippen LogP contribution < -0.4 is 0 Å². The Morgan fingerprint density at radius 2 is 1.41 bits per heavy atom. The molecule has 0 saturated carbocycles. The van der Waals surface area contributed by atoms with Gasteiger partial charge in [0.25, 0.3) is 0 Å². The molecule has 0 aliphatic carbocycles. The molecular weight excluding hydrogens is 284 g/mol. The first-order chi connectivity index (χ1) is 10.2. The number of carbonyl (C=O) groups excluding carboxylic acids is 1. The molecule has 0 amide bonds. The van der Waals surface area contributed by atoms with E-state index in [1.54, 1.807) is 0 Å². The summed E-state index contributed by atoms with van der Waals surface area (Å²) in [4.78, 5) is 12.3. The highest BCUT2D eigenvalue weighted by molar-refractivity contribution is 6.90. The minimum atomic E-state index is -1.72. The zero-order chi connectivity index (χ0) is 16.9. The van der Waals surface area contributed by atoms with Crippen LogP contribution in [0.1, 0.15) is 63.9 Å². The van der Waals surface area contributed by atoms with Crippen molar-refractivity contribution in [3.8, 4) is 11.5 Å². The Bertz CT molecular complexity index is 534. The van der Waals surface area contributed by atoms with Crippen LogP contribution in [0.25, 0.3) is 0 Å². The Morgan fingerprint density at radius 3 is 1.82 bits per heavy atom. The molecule has 0 N–H and O–H groups in total. The third kappa shape index (κ3) is 4.11. The molecule has 0 radical (unpaired) electrons. The molecule has 0 aliphatic heterocycles. The average molecular weight is 315 g/mol. The lowest BCUT2D eigenvalue weighted by molar-refractivity contribution is 0.0998. The van der Waals surface area contributed by atoms with Gasteiger partial charge < -0.3 is 0 Å². The second kappa shape index (κ2) is 7.79. The molecule has 0 aliphatic rings. The van der Waals surface area contributed by atoms with Crippen LogP contribution in [0.3, 0.4) is 0 Å². The normalized spacial score (nSPS) is 11.7. The molecule has 1 rings (SSSR count). The Balaban J connectivity index is 2.95. The number of ketones is 1. The second-order valence-electron chi connectivity index (χ2n) is 7.16. The van der Waals surface area contributed by atoms with Crippen molar-refractivity contribution < 1.29 is 4.79 Å². The SMILES string of the molecule is Cc1ccc(C(=O)CC#C[Si](C(C)C)(C(C)C)C(C)C)cc1. The van der Waals surface area contributed by atoms with Crippen LogP contribution in [0.2, 0.25) is 16.6 Å². The number of benzene rings is 1. The fourth-order valence-electron chi connectivity index (χ4n) is 3.55. The zero-order valence-corrected chi connectivity index (χ0v) is 16.2. The van der Waals surface area contributed by atoms with Gasteiger partial charge in [-0.1, -0.05) is 71.4 Å². The van der Waals surface area contributed by atoms with Crippen LogP contribution in [-0.4, -0.2) is 13.9 Å². The monoisotopic (exact) mass is 314 g/mol. The lowest BCUT2D eigenvalue weighted by Gasteiger charge is -2.38. The van der Waals surface area contributed by atoms with Crippen molar-refractivity contribution in [1.29, 1.82) is 0 Å². The lowest BCUT2D eigenvalue weighted by atomic mass is 10.1. The summed E-state index contributed by atoms with van der Waals surface area (Å²) < 4.78 is 0. The topological polar surface area (TPSA) is 17.1 Å². The van der Waals surface area contributed by atoms with Gasteiger partial charge in [0.1, 0.15) is 8.07 Å². The van der Waals surface area contributed by atoms with Gasteiger partial charge in [0.15, 0.2) is 5.78 Å². The van der Waals surface area contributed by atoms with Crippen LogP contribution in [0.5, 0.6) is 0 Å². The molecule has 1 aromatic rings. The largest absolute Gasteiger partial charge is 0.293 e. The maximum absolute atomic E-state index is 12.3. The number of hydrogen-bond donors (Lipinski definition) is 0. The number of aryl methyl sites for hydroxylation is 1. The van der Waals surface area contributed by atoms with Crippen molar-refractivity contribution >= 4 is 13.9 Å². The van der Waals surface area contributed by atoms with Crippen LogP contribution in [0, 0.1) is 18.4 Å². The van der Waals surface area contributed by atoms with Gasteiger partial charge >= 0.3 is 0 Å². The van der Waals surface area contributed by atoms with E-state index in [0.29, 0.717) is 23.0 Å². The van der Waals surface area contributed by atoms with Gasteiger partial charge in [-0.3, -0.25) is 4.79 Å². The Kier molecular flexibility index (Phi) is 6.62. The Labute approximate surface area is 137 Å². The van der Waals surface area contributed by atoms with Crippen molar-refractivity contribution in [3.63, 3.8) is 0 Å². The van der Waals surface area contributed by atoms with E-state index in [2.05, 4.69) is 53.0 Å². The van der Waals surface area contributed by atoms with Crippen LogP contribution in [0.15, 0.2) is 24.3 Å². The van der Waals surface area contributed by atoms with E-state index in [9.17, 15) is 4.79 Å². The minimum Gasteiger partial charge on any atom is -0.293 e. The van der Waals surface area contributed by atoms with Crippen molar-refractivity contribution in [2.24, 2.45) is 0 Å². The van der Waals surface area contributed by atoms with E-state index in [1.165, 1.54) is 5.56 Å². The number of rotatable bonds is 5. The first-order valence-corrected chi connectivity index (χ1v) is 10.5. The second-order valence-corrected chi connectivity index (χ2v) is 12.7. The van der Waals surface area contributed by atoms with Gasteiger partial charge in [-0.25, -0.2) is 0 Å². The summed E-state index contributed by atoms with van der Waals surface area (Å²) in [5.74, 6) is 3.38. The summed E-state index contributed by atoms with van der Waals surface area (Å²) in [5.41, 5.74) is 7.37. The van der Waals surface area contributed by atoms with Crippen LogP contribution >= 0.6 is 0 Å². The van der Waals surface area contributed by atoms with E-state index in [1.807, 2.05) is 31.2 Å². The van der Waals surface area contributed by atoms with Gasteiger partial charge in [0, 0.05) is 5.56 Å². The van der Waals surface area contributed by atoms with Gasteiger partial charge in [-0.15, -0.1) is 11.5 Å². The maximum atomic E-state index is 12.3. The maximum Gasteiger partial charge on any atom is 0.174 e. The van der Waals surface area contributed by atoms with E-state index in [-0.39, 0.29) is 5.78 Å². The predicted octanol–water partition coefficient (Wildman–Crippen LogP) is 5.79. The van der Waals surface area contributed by atoms with E-state index in [0.717, 1.165) is 5.56 Å². The summed E-state index contributed by atoms with van der Waals surface area (Å²) in [5, 5.41) is 0. The molecule has 0 saturated heterocycles. The number of hydrogen-bond acceptors (Lipinski definition) is 1. The van der Waals surface area contributed by atoms with E-state index in [4.69, 9.17) is 0 Å². The van der Waals surface area contributed by atoms with Crippen LogP contribution in [-0.2, 0) is 0 Å². The Hall–Kier alpha value is -1.33. The quantitative estimate of drug-likeness (QED) is 0.382. The molecule has 2 heteroatoms. The fourth-order valence-corrected chi connectivity index (χ4v) is 8.81. The van der Waals surface area contributed by atoms with Crippen molar-refractivity contribution in [2.45, 2.75) is 71.5 Å². The minimum absolute atomic E-state index is 0.131. The fraction of sp³-hybridized carbons (Fsp3) is 0.550. The molecule has 1 nitrogen and oxygen atoms in total.